The maximum absolute atomic E-state index is 13.4. The second-order valence-corrected chi connectivity index (χ2v) is 8.40. The zero-order valence-electron chi connectivity index (χ0n) is 19.2. The van der Waals surface area contributed by atoms with Crippen LogP contribution in [0.1, 0.15) is 31.1 Å². The summed E-state index contributed by atoms with van der Waals surface area (Å²) < 4.78 is 5.45. The number of nitrogens with zero attached hydrogens (tertiary/aromatic N) is 4. The molecule has 1 aromatic carbocycles. The molecule has 9 nitrogen and oxygen atoms in total. The average Bonchev–Trinajstić information content (AvgIpc) is 3.34. The Balaban J connectivity index is 1.63. The zero-order chi connectivity index (χ0) is 24.1. The van der Waals surface area contributed by atoms with Crippen LogP contribution < -0.4 is 5.32 Å². The summed E-state index contributed by atoms with van der Waals surface area (Å²) in [6.45, 7) is 2.75. The lowest BCUT2D eigenvalue weighted by molar-refractivity contribution is -0.190. The van der Waals surface area contributed by atoms with Gasteiger partial charge in [0, 0.05) is 6.54 Å². The van der Waals surface area contributed by atoms with Gasteiger partial charge in [0.1, 0.15) is 18.0 Å². The predicted octanol–water partition coefficient (Wildman–Crippen LogP) is 2.02. The number of fused-ring (bicyclic) bond motifs is 1. The first-order valence-corrected chi connectivity index (χ1v) is 11.4. The summed E-state index contributed by atoms with van der Waals surface area (Å²) in [5.74, 6) is 2.83. The summed E-state index contributed by atoms with van der Waals surface area (Å²) in [5.41, 5.74) is 0.950. The first-order valence-electron chi connectivity index (χ1n) is 11.4. The normalized spacial score (nSPS) is 20.8. The maximum Gasteiger partial charge on any atom is 0.334 e. The molecular weight excluding hydrogens is 434 g/mol. The summed E-state index contributed by atoms with van der Waals surface area (Å²) in [5, 5.41) is 6.03. The number of hydrogen-bond acceptors (Lipinski definition) is 5. The zero-order valence-corrected chi connectivity index (χ0v) is 19.2. The Morgan fingerprint density at radius 3 is 2.68 bits per heavy atom. The van der Waals surface area contributed by atoms with Crippen molar-refractivity contribution in [2.75, 3.05) is 19.6 Å². The molecule has 2 aromatic rings. The van der Waals surface area contributed by atoms with Crippen molar-refractivity contribution in [3.8, 4) is 12.3 Å². The van der Waals surface area contributed by atoms with Crippen molar-refractivity contribution in [1.29, 1.82) is 0 Å². The van der Waals surface area contributed by atoms with Gasteiger partial charge in [0.15, 0.2) is 0 Å². The lowest BCUT2D eigenvalue weighted by atomic mass is 10.0. The maximum atomic E-state index is 13.4. The van der Waals surface area contributed by atoms with Crippen LogP contribution in [0, 0.1) is 12.3 Å². The van der Waals surface area contributed by atoms with Gasteiger partial charge in [-0.2, -0.15) is 5.01 Å². The van der Waals surface area contributed by atoms with E-state index in [1.165, 1.54) is 5.01 Å². The number of rotatable bonds is 7. The van der Waals surface area contributed by atoms with Crippen LogP contribution in [0.4, 0.5) is 4.79 Å². The van der Waals surface area contributed by atoms with Crippen LogP contribution >= 0.6 is 0 Å². The number of hydrogen-bond donors (Lipinski definition) is 1. The molecule has 9 heteroatoms. The molecule has 2 aliphatic rings. The molecule has 0 bridgehead atoms. The number of urea groups is 1. The van der Waals surface area contributed by atoms with Crippen molar-refractivity contribution >= 4 is 17.8 Å². The van der Waals surface area contributed by atoms with Gasteiger partial charge in [0.2, 0.25) is 11.8 Å². The first-order chi connectivity index (χ1) is 16.5. The van der Waals surface area contributed by atoms with Gasteiger partial charge in [-0.15, -0.1) is 6.42 Å². The second kappa shape index (κ2) is 10.4. The van der Waals surface area contributed by atoms with Crippen LogP contribution in [-0.2, 0) is 22.7 Å². The van der Waals surface area contributed by atoms with Crippen molar-refractivity contribution in [2.45, 2.75) is 45.1 Å². The molecule has 4 rings (SSSR count). The van der Waals surface area contributed by atoms with Gasteiger partial charge in [0.05, 0.1) is 32.4 Å². The van der Waals surface area contributed by atoms with Crippen molar-refractivity contribution < 1.29 is 18.8 Å². The van der Waals surface area contributed by atoms with Gasteiger partial charge < -0.3 is 19.5 Å². The predicted molar refractivity (Wildman–Crippen MR) is 124 cm³/mol. The van der Waals surface area contributed by atoms with E-state index in [1.807, 2.05) is 37.3 Å². The van der Waals surface area contributed by atoms with E-state index in [-0.39, 0.29) is 44.0 Å². The summed E-state index contributed by atoms with van der Waals surface area (Å²) in [6, 6.07) is 12.1. The summed E-state index contributed by atoms with van der Waals surface area (Å²) in [7, 11) is 0. The molecule has 3 heterocycles. The van der Waals surface area contributed by atoms with E-state index in [9.17, 15) is 14.4 Å². The van der Waals surface area contributed by atoms with Crippen LogP contribution in [0.25, 0.3) is 0 Å². The van der Waals surface area contributed by atoms with E-state index in [0.29, 0.717) is 18.7 Å². The smallest absolute Gasteiger partial charge is 0.334 e. The van der Waals surface area contributed by atoms with Gasteiger partial charge in [-0.3, -0.25) is 9.59 Å². The standard InChI is InChI=1S/C25H29N5O4/c1-3-9-21-24(32)27(16-20-12-8-14-34-20)17-22-29(21)23(31)18-28(13-4-2)30(22)25(33)26-15-19-10-6-5-7-11-19/h2,5-8,10-12,14,21-22H,3,9,13,15-18H2,1H3,(H,26,33)/t21-,22-/m0/s1. The number of terminal acetylenes is 1. The Morgan fingerprint density at radius 1 is 1.21 bits per heavy atom. The molecule has 0 radical (unpaired) electrons. The van der Waals surface area contributed by atoms with E-state index >= 15 is 0 Å². The van der Waals surface area contributed by atoms with Crippen LogP contribution in [-0.4, -0.2) is 69.5 Å². The highest BCUT2D eigenvalue weighted by atomic mass is 16.3. The van der Waals surface area contributed by atoms with Gasteiger partial charge in [-0.1, -0.05) is 49.6 Å². The van der Waals surface area contributed by atoms with E-state index in [1.54, 1.807) is 33.2 Å². The third kappa shape index (κ3) is 4.77. The SMILES string of the molecule is C#CCN1CC(=O)N2[C@@H](CCC)C(=O)N(Cc3ccco3)C[C@@H]2N1C(=O)NCc1ccccc1. The Bertz CT molecular complexity index is 1050. The summed E-state index contributed by atoms with van der Waals surface area (Å²) >= 11 is 0. The minimum atomic E-state index is -0.672. The molecule has 34 heavy (non-hydrogen) atoms. The third-order valence-electron chi connectivity index (χ3n) is 6.09. The van der Waals surface area contributed by atoms with Crippen LogP contribution in [0.3, 0.4) is 0 Å². The molecule has 4 amide bonds. The summed E-state index contributed by atoms with van der Waals surface area (Å²) in [4.78, 5) is 43.2. The van der Waals surface area contributed by atoms with E-state index in [4.69, 9.17) is 10.8 Å². The highest BCUT2D eigenvalue weighted by Gasteiger charge is 2.51. The fourth-order valence-corrected chi connectivity index (χ4v) is 4.58. The number of nitrogens with one attached hydrogen (secondary N) is 1. The minimum absolute atomic E-state index is 0.0644. The molecule has 1 aromatic heterocycles. The molecule has 2 aliphatic heterocycles. The van der Waals surface area contributed by atoms with Gasteiger partial charge in [-0.05, 0) is 24.1 Å². The molecule has 0 spiro atoms. The Hall–Kier alpha value is -3.77. The number of furan rings is 1. The highest BCUT2D eigenvalue weighted by Crippen LogP contribution is 2.29. The topological polar surface area (TPSA) is 89.3 Å². The molecule has 178 valence electrons. The second-order valence-electron chi connectivity index (χ2n) is 8.40. The molecule has 2 fully saturated rings. The Morgan fingerprint density at radius 2 is 2.00 bits per heavy atom. The Kier molecular flexibility index (Phi) is 7.18. The number of hydrazine groups is 1. The molecular formula is C25H29N5O4. The number of carbonyl (C=O) groups is 3. The van der Waals surface area contributed by atoms with E-state index in [0.717, 1.165) is 12.0 Å². The third-order valence-corrected chi connectivity index (χ3v) is 6.09. The molecule has 0 saturated carbocycles. The molecule has 1 N–H and O–H groups in total. The van der Waals surface area contributed by atoms with Crippen LogP contribution in [0.2, 0.25) is 0 Å². The number of amides is 4. The number of piperazine rings is 1. The largest absolute Gasteiger partial charge is 0.467 e. The van der Waals surface area contributed by atoms with Gasteiger partial charge >= 0.3 is 6.03 Å². The number of benzene rings is 1. The lowest BCUT2D eigenvalue weighted by Crippen LogP contribution is -2.76. The highest BCUT2D eigenvalue weighted by molar-refractivity contribution is 5.91. The van der Waals surface area contributed by atoms with E-state index < -0.39 is 12.2 Å². The van der Waals surface area contributed by atoms with Crippen molar-refractivity contribution in [2.24, 2.45) is 0 Å². The quantitative estimate of drug-likeness (QED) is 0.635. The lowest BCUT2D eigenvalue weighted by Gasteiger charge is -2.54. The fraction of sp³-hybridized carbons (Fsp3) is 0.400. The van der Waals surface area contributed by atoms with Gasteiger partial charge in [0.25, 0.3) is 0 Å². The van der Waals surface area contributed by atoms with Gasteiger partial charge in [-0.25, -0.2) is 9.80 Å². The van der Waals surface area contributed by atoms with E-state index in [2.05, 4.69) is 11.2 Å². The fourth-order valence-electron chi connectivity index (χ4n) is 4.58. The molecule has 0 unspecified atom stereocenters. The number of carbonyl (C=O) groups excluding carboxylic acids is 3. The molecule has 2 saturated heterocycles. The van der Waals surface area contributed by atoms with Crippen molar-refractivity contribution in [1.82, 2.24) is 25.1 Å². The molecule has 2 atom stereocenters. The molecule has 0 aliphatic carbocycles. The monoisotopic (exact) mass is 463 g/mol. The average molecular weight is 464 g/mol. The summed E-state index contributed by atoms with van der Waals surface area (Å²) in [6.07, 6.45) is 7.67. The Labute approximate surface area is 199 Å². The van der Waals surface area contributed by atoms with Crippen LogP contribution in [0.15, 0.2) is 53.1 Å². The minimum Gasteiger partial charge on any atom is -0.467 e. The van der Waals surface area contributed by atoms with Crippen LogP contribution in [0.5, 0.6) is 0 Å². The van der Waals surface area contributed by atoms with Crippen molar-refractivity contribution in [3.63, 3.8) is 0 Å². The first kappa shape index (κ1) is 23.4. The van der Waals surface area contributed by atoms with Crippen molar-refractivity contribution in [3.05, 3.63) is 60.1 Å².